The average Bonchev–Trinajstić information content (AvgIpc) is 2.33. The van der Waals surface area contributed by atoms with Crippen molar-refractivity contribution in [3.05, 3.63) is 0 Å². The van der Waals surface area contributed by atoms with Crippen LogP contribution in [0.5, 0.6) is 0 Å². The quantitative estimate of drug-likeness (QED) is 0.459. The van der Waals surface area contributed by atoms with Crippen LogP contribution in [-0.4, -0.2) is 44.7 Å². The second kappa shape index (κ2) is 7.88. The Morgan fingerprint density at radius 1 is 1.17 bits per heavy atom. The van der Waals surface area contributed by atoms with Gasteiger partial charge in [0, 0.05) is 5.75 Å². The summed E-state index contributed by atoms with van der Waals surface area (Å²) in [6.07, 6.45) is 1.19. The van der Waals surface area contributed by atoms with Crippen molar-refractivity contribution in [3.63, 3.8) is 0 Å². The van der Waals surface area contributed by atoms with Crippen LogP contribution in [0.3, 0.4) is 0 Å². The minimum atomic E-state index is -1.07. The van der Waals surface area contributed by atoms with Gasteiger partial charge >= 0.3 is 11.9 Å². The Balaban J connectivity index is 4.54. The van der Waals surface area contributed by atoms with E-state index in [2.05, 4.69) is 0 Å². The lowest BCUT2D eigenvalue weighted by Crippen LogP contribution is -2.49. The highest BCUT2D eigenvalue weighted by atomic mass is 33.1. The van der Waals surface area contributed by atoms with Crippen LogP contribution in [0.25, 0.3) is 0 Å². The Morgan fingerprint density at radius 2 is 1.67 bits per heavy atom. The summed E-state index contributed by atoms with van der Waals surface area (Å²) in [5, 5.41) is 17.7. The molecule has 18 heavy (non-hydrogen) atoms. The van der Waals surface area contributed by atoms with Gasteiger partial charge in [0.1, 0.15) is 12.1 Å². The Labute approximate surface area is 114 Å². The molecule has 2 unspecified atom stereocenters. The van der Waals surface area contributed by atoms with E-state index in [1.54, 1.807) is 0 Å². The Hall–Kier alpha value is -0.440. The fraction of sp³-hybridized carbons (Fsp3) is 0.800. The summed E-state index contributed by atoms with van der Waals surface area (Å²) in [6, 6.07) is -1.93. The number of carboxylic acid groups (broad SMARTS) is 2. The summed E-state index contributed by atoms with van der Waals surface area (Å²) in [7, 11) is 2.58. The minimum absolute atomic E-state index is 0.216. The summed E-state index contributed by atoms with van der Waals surface area (Å²) < 4.78 is -0.602. The minimum Gasteiger partial charge on any atom is -0.480 e. The molecule has 0 aromatic rings. The van der Waals surface area contributed by atoms with Gasteiger partial charge in [0.25, 0.3) is 0 Å². The van der Waals surface area contributed by atoms with Gasteiger partial charge in [-0.1, -0.05) is 35.4 Å². The lowest BCUT2D eigenvalue weighted by atomic mass is 9.94. The summed E-state index contributed by atoms with van der Waals surface area (Å²) in [4.78, 5) is 21.6. The van der Waals surface area contributed by atoms with Crippen molar-refractivity contribution in [2.45, 2.75) is 43.5 Å². The van der Waals surface area contributed by atoms with Gasteiger partial charge in [-0.3, -0.25) is 9.59 Å². The van der Waals surface area contributed by atoms with E-state index < -0.39 is 28.8 Å². The van der Waals surface area contributed by atoms with E-state index in [0.717, 1.165) is 0 Å². The second-order valence-corrected chi connectivity index (χ2v) is 6.66. The van der Waals surface area contributed by atoms with E-state index in [0.29, 0.717) is 12.8 Å². The monoisotopic (exact) mass is 296 g/mol. The van der Waals surface area contributed by atoms with Gasteiger partial charge < -0.3 is 21.7 Å². The van der Waals surface area contributed by atoms with Crippen molar-refractivity contribution in [2.24, 2.45) is 11.5 Å². The number of rotatable bonds is 9. The number of hydrogen-bond acceptors (Lipinski definition) is 6. The molecular weight excluding hydrogens is 276 g/mol. The molecule has 0 heterocycles. The molecule has 0 aliphatic heterocycles. The third-order valence-corrected chi connectivity index (χ3v) is 6.35. The molecule has 0 rings (SSSR count). The van der Waals surface area contributed by atoms with Gasteiger partial charge in [0.15, 0.2) is 0 Å². The fourth-order valence-corrected chi connectivity index (χ4v) is 4.78. The van der Waals surface area contributed by atoms with E-state index in [9.17, 15) is 9.59 Å². The first-order valence-corrected chi connectivity index (χ1v) is 7.90. The maximum Gasteiger partial charge on any atom is 0.321 e. The summed E-state index contributed by atoms with van der Waals surface area (Å²) in [5.41, 5.74) is 11.1. The van der Waals surface area contributed by atoms with E-state index in [-0.39, 0.29) is 5.75 Å². The van der Waals surface area contributed by atoms with E-state index >= 15 is 0 Å². The molecule has 0 fully saturated rings. The van der Waals surface area contributed by atoms with Gasteiger partial charge in [-0.25, -0.2) is 0 Å². The van der Waals surface area contributed by atoms with Gasteiger partial charge in [0.05, 0.1) is 4.75 Å². The predicted octanol–water partition coefficient (Wildman–Crippen LogP) is 0.750. The van der Waals surface area contributed by atoms with Crippen LogP contribution in [0.2, 0.25) is 0 Å². The van der Waals surface area contributed by atoms with Crippen molar-refractivity contribution < 1.29 is 19.8 Å². The third-order valence-electron chi connectivity index (χ3n) is 2.82. The highest BCUT2D eigenvalue weighted by Gasteiger charge is 2.39. The lowest BCUT2D eigenvalue weighted by molar-refractivity contribution is -0.139. The maximum atomic E-state index is 11.0. The van der Waals surface area contributed by atoms with Crippen molar-refractivity contribution in [1.82, 2.24) is 0 Å². The lowest BCUT2D eigenvalue weighted by Gasteiger charge is -2.33. The molecule has 0 aromatic carbocycles. The number of aliphatic carboxylic acids is 2. The molecule has 0 aliphatic rings. The molecule has 0 bridgehead atoms. The number of hydrogen-bond donors (Lipinski definition) is 4. The highest BCUT2D eigenvalue weighted by molar-refractivity contribution is 8.77. The molecular formula is C10H20N2O4S2. The Morgan fingerprint density at radius 3 is 2.00 bits per heavy atom. The first kappa shape index (κ1) is 17.6. The normalized spacial score (nSPS) is 15.1. The zero-order chi connectivity index (χ0) is 14.3. The molecule has 6 nitrogen and oxygen atoms in total. The van der Waals surface area contributed by atoms with Crippen LogP contribution in [0, 0.1) is 0 Å². The average molecular weight is 296 g/mol. The predicted molar refractivity (Wildman–Crippen MR) is 74.6 cm³/mol. The molecule has 2 atom stereocenters. The van der Waals surface area contributed by atoms with Gasteiger partial charge in [-0.05, 0) is 12.8 Å². The van der Waals surface area contributed by atoms with Crippen molar-refractivity contribution in [2.75, 3.05) is 5.75 Å². The zero-order valence-corrected chi connectivity index (χ0v) is 12.1. The van der Waals surface area contributed by atoms with Crippen LogP contribution in [0.4, 0.5) is 0 Å². The van der Waals surface area contributed by atoms with Crippen LogP contribution in [-0.2, 0) is 9.59 Å². The highest BCUT2D eigenvalue weighted by Crippen LogP contribution is 2.43. The fourth-order valence-electron chi connectivity index (χ4n) is 1.38. The summed E-state index contributed by atoms with van der Waals surface area (Å²) >= 11 is 0. The van der Waals surface area contributed by atoms with Crippen LogP contribution in [0.1, 0.15) is 26.7 Å². The van der Waals surface area contributed by atoms with E-state index in [1.807, 2.05) is 13.8 Å². The van der Waals surface area contributed by atoms with Gasteiger partial charge in [0.2, 0.25) is 0 Å². The number of nitrogens with two attached hydrogens (primary N) is 2. The van der Waals surface area contributed by atoms with E-state index in [1.165, 1.54) is 21.6 Å². The molecule has 106 valence electrons. The van der Waals surface area contributed by atoms with Crippen LogP contribution >= 0.6 is 21.6 Å². The van der Waals surface area contributed by atoms with Gasteiger partial charge in [-0.2, -0.15) is 0 Å². The topological polar surface area (TPSA) is 127 Å². The molecule has 0 amide bonds. The smallest absolute Gasteiger partial charge is 0.321 e. The SMILES string of the molecule is CCC(CC)(SSCC(N)C(=O)O)C(N)C(=O)O. The van der Waals surface area contributed by atoms with Gasteiger partial charge in [-0.15, -0.1) is 0 Å². The molecule has 0 aromatic heterocycles. The second-order valence-electron chi connectivity index (χ2n) is 3.90. The largest absolute Gasteiger partial charge is 0.480 e. The number of carbonyl (C=O) groups is 2. The molecule has 0 saturated carbocycles. The van der Waals surface area contributed by atoms with Crippen molar-refractivity contribution in [1.29, 1.82) is 0 Å². The summed E-state index contributed by atoms with van der Waals surface area (Å²) in [5.74, 6) is -1.90. The molecule has 0 radical (unpaired) electrons. The molecule has 0 saturated heterocycles. The Kier molecular flexibility index (Phi) is 7.69. The van der Waals surface area contributed by atoms with E-state index in [4.69, 9.17) is 21.7 Å². The van der Waals surface area contributed by atoms with Crippen LogP contribution in [0.15, 0.2) is 0 Å². The molecule has 0 aliphatic carbocycles. The molecule has 8 heteroatoms. The Bertz CT molecular complexity index is 298. The maximum absolute atomic E-state index is 11.0. The standard InChI is InChI=1S/C10H20N2O4S2/c1-3-10(4-2,7(12)9(15)16)18-17-5-6(11)8(13)14/h6-7H,3-5,11-12H2,1-2H3,(H,13,14)(H,15,16). The molecule has 0 spiro atoms. The first-order chi connectivity index (χ1) is 8.30. The first-order valence-electron chi connectivity index (χ1n) is 5.58. The molecule has 6 N–H and O–H groups in total. The third kappa shape index (κ3) is 4.68. The van der Waals surface area contributed by atoms with Crippen molar-refractivity contribution in [3.8, 4) is 0 Å². The van der Waals surface area contributed by atoms with Crippen LogP contribution < -0.4 is 11.5 Å². The summed E-state index contributed by atoms with van der Waals surface area (Å²) in [6.45, 7) is 3.74. The van der Waals surface area contributed by atoms with Crippen molar-refractivity contribution >= 4 is 33.5 Å². The zero-order valence-electron chi connectivity index (χ0n) is 10.5. The number of carboxylic acids is 2.